The van der Waals surface area contributed by atoms with Crippen LogP contribution in [-0.4, -0.2) is 60.6 Å². The molecule has 3 fully saturated rings. The Kier molecular flexibility index (Phi) is 3.92. The SMILES string of the molecule is CCN(C1CCN(C)CC1)C1CC2CCC(C1)N2. The van der Waals surface area contributed by atoms with Crippen molar-refractivity contribution >= 4 is 0 Å². The number of hydrogen-bond acceptors (Lipinski definition) is 3. The zero-order valence-electron chi connectivity index (χ0n) is 12.1. The molecule has 3 saturated heterocycles. The molecule has 0 amide bonds. The minimum Gasteiger partial charge on any atom is -0.311 e. The molecule has 0 aromatic rings. The van der Waals surface area contributed by atoms with Crippen molar-refractivity contribution in [3.63, 3.8) is 0 Å². The van der Waals surface area contributed by atoms with Crippen LogP contribution in [0.3, 0.4) is 0 Å². The van der Waals surface area contributed by atoms with E-state index in [1.807, 2.05) is 0 Å². The van der Waals surface area contributed by atoms with E-state index in [9.17, 15) is 0 Å². The average molecular weight is 251 g/mol. The Bertz CT molecular complexity index is 261. The number of likely N-dealkylation sites (tertiary alicyclic amines) is 1. The smallest absolute Gasteiger partial charge is 0.0128 e. The molecule has 0 aromatic heterocycles. The minimum atomic E-state index is 0.828. The van der Waals surface area contributed by atoms with Crippen molar-refractivity contribution in [2.45, 2.75) is 69.6 Å². The molecule has 3 aliphatic heterocycles. The minimum absolute atomic E-state index is 0.828. The van der Waals surface area contributed by atoms with Gasteiger partial charge in [-0.15, -0.1) is 0 Å². The van der Waals surface area contributed by atoms with E-state index in [2.05, 4.69) is 29.1 Å². The van der Waals surface area contributed by atoms with Crippen molar-refractivity contribution in [3.8, 4) is 0 Å². The van der Waals surface area contributed by atoms with Crippen LogP contribution in [0.4, 0.5) is 0 Å². The van der Waals surface area contributed by atoms with Gasteiger partial charge in [0, 0.05) is 24.2 Å². The van der Waals surface area contributed by atoms with Crippen LogP contribution in [0.15, 0.2) is 0 Å². The number of piperidine rings is 2. The van der Waals surface area contributed by atoms with Crippen LogP contribution >= 0.6 is 0 Å². The van der Waals surface area contributed by atoms with Crippen LogP contribution in [0.2, 0.25) is 0 Å². The monoisotopic (exact) mass is 251 g/mol. The van der Waals surface area contributed by atoms with Gasteiger partial charge in [-0.3, -0.25) is 4.90 Å². The van der Waals surface area contributed by atoms with Gasteiger partial charge >= 0.3 is 0 Å². The molecule has 0 saturated carbocycles. The summed E-state index contributed by atoms with van der Waals surface area (Å²) >= 11 is 0. The Hall–Kier alpha value is -0.120. The fourth-order valence-electron chi connectivity index (χ4n) is 4.44. The maximum Gasteiger partial charge on any atom is 0.0128 e. The lowest BCUT2D eigenvalue weighted by molar-refractivity contribution is 0.0621. The molecular formula is C15H29N3. The molecule has 0 aliphatic carbocycles. The molecule has 18 heavy (non-hydrogen) atoms. The Morgan fingerprint density at radius 2 is 1.61 bits per heavy atom. The van der Waals surface area contributed by atoms with Gasteiger partial charge in [-0.2, -0.15) is 0 Å². The quantitative estimate of drug-likeness (QED) is 0.823. The highest BCUT2D eigenvalue weighted by Gasteiger charge is 2.37. The second kappa shape index (κ2) is 5.48. The molecule has 3 heteroatoms. The molecule has 104 valence electrons. The second-order valence-corrected chi connectivity index (χ2v) is 6.63. The average Bonchev–Trinajstić information content (AvgIpc) is 2.72. The number of hydrogen-bond donors (Lipinski definition) is 1. The third-order valence-electron chi connectivity index (χ3n) is 5.44. The van der Waals surface area contributed by atoms with E-state index in [-0.39, 0.29) is 0 Å². The van der Waals surface area contributed by atoms with Gasteiger partial charge in [0.05, 0.1) is 0 Å². The summed E-state index contributed by atoms with van der Waals surface area (Å²) in [4.78, 5) is 5.33. The van der Waals surface area contributed by atoms with Gasteiger partial charge in [-0.25, -0.2) is 0 Å². The lowest BCUT2D eigenvalue weighted by Crippen LogP contribution is -2.53. The van der Waals surface area contributed by atoms with Gasteiger partial charge in [0.25, 0.3) is 0 Å². The lowest BCUT2D eigenvalue weighted by Gasteiger charge is -2.44. The molecule has 0 spiro atoms. The van der Waals surface area contributed by atoms with Gasteiger partial charge < -0.3 is 10.2 Å². The molecule has 0 radical (unpaired) electrons. The summed E-state index contributed by atoms with van der Waals surface area (Å²) in [6.07, 6.45) is 8.40. The zero-order valence-corrected chi connectivity index (χ0v) is 12.1. The molecule has 3 aliphatic rings. The summed E-state index contributed by atoms with van der Waals surface area (Å²) < 4.78 is 0. The molecule has 1 N–H and O–H groups in total. The van der Waals surface area contributed by atoms with Crippen LogP contribution < -0.4 is 5.32 Å². The summed E-state index contributed by atoms with van der Waals surface area (Å²) in [5.74, 6) is 0. The van der Waals surface area contributed by atoms with Crippen molar-refractivity contribution < 1.29 is 0 Å². The number of fused-ring (bicyclic) bond motifs is 2. The first-order chi connectivity index (χ1) is 8.76. The van der Waals surface area contributed by atoms with Gasteiger partial charge in [0.15, 0.2) is 0 Å². The molecule has 3 rings (SSSR count). The van der Waals surface area contributed by atoms with Gasteiger partial charge in [-0.05, 0) is 65.2 Å². The fraction of sp³-hybridized carbons (Fsp3) is 1.00. The molecular weight excluding hydrogens is 222 g/mol. The maximum atomic E-state index is 3.77. The third kappa shape index (κ3) is 2.59. The molecule has 3 heterocycles. The van der Waals surface area contributed by atoms with E-state index >= 15 is 0 Å². The topological polar surface area (TPSA) is 18.5 Å². The highest BCUT2D eigenvalue weighted by molar-refractivity contribution is 4.97. The predicted octanol–water partition coefficient (Wildman–Crippen LogP) is 1.69. The number of rotatable bonds is 3. The summed E-state index contributed by atoms with van der Waals surface area (Å²) in [5.41, 5.74) is 0. The van der Waals surface area contributed by atoms with Gasteiger partial charge in [-0.1, -0.05) is 6.92 Å². The molecule has 0 aromatic carbocycles. The van der Waals surface area contributed by atoms with Crippen LogP contribution in [0.5, 0.6) is 0 Å². The largest absolute Gasteiger partial charge is 0.311 e. The predicted molar refractivity (Wildman–Crippen MR) is 75.9 cm³/mol. The Labute approximate surface area is 112 Å². The maximum absolute atomic E-state index is 3.77. The standard InChI is InChI=1S/C15H29N3/c1-3-18(14-6-8-17(2)9-7-14)15-10-12-4-5-13(11-15)16-12/h12-16H,3-11H2,1-2H3. The van der Waals surface area contributed by atoms with E-state index in [4.69, 9.17) is 0 Å². The van der Waals surface area contributed by atoms with E-state index in [0.29, 0.717) is 0 Å². The third-order valence-corrected chi connectivity index (χ3v) is 5.44. The summed E-state index contributed by atoms with van der Waals surface area (Å²) in [5, 5.41) is 3.77. The number of nitrogens with zero attached hydrogens (tertiary/aromatic N) is 2. The molecule has 3 nitrogen and oxygen atoms in total. The summed E-state index contributed by atoms with van der Waals surface area (Å²) in [7, 11) is 2.26. The van der Waals surface area contributed by atoms with E-state index in [0.717, 1.165) is 24.2 Å². The fourth-order valence-corrected chi connectivity index (χ4v) is 4.44. The van der Waals surface area contributed by atoms with Gasteiger partial charge in [0.2, 0.25) is 0 Å². The van der Waals surface area contributed by atoms with Crippen LogP contribution in [0, 0.1) is 0 Å². The zero-order chi connectivity index (χ0) is 12.5. The van der Waals surface area contributed by atoms with Crippen molar-refractivity contribution in [1.29, 1.82) is 0 Å². The van der Waals surface area contributed by atoms with Crippen molar-refractivity contribution in [1.82, 2.24) is 15.1 Å². The normalized spacial score (nSPS) is 38.5. The molecule has 2 atom stereocenters. The Balaban J connectivity index is 1.61. The molecule has 2 unspecified atom stereocenters. The van der Waals surface area contributed by atoms with Crippen molar-refractivity contribution in [2.24, 2.45) is 0 Å². The highest BCUT2D eigenvalue weighted by Crippen LogP contribution is 2.32. The van der Waals surface area contributed by atoms with Crippen LogP contribution in [0.25, 0.3) is 0 Å². The van der Waals surface area contributed by atoms with E-state index in [1.54, 1.807) is 0 Å². The second-order valence-electron chi connectivity index (χ2n) is 6.63. The highest BCUT2D eigenvalue weighted by atomic mass is 15.2. The number of nitrogens with one attached hydrogen (secondary N) is 1. The van der Waals surface area contributed by atoms with Crippen LogP contribution in [-0.2, 0) is 0 Å². The van der Waals surface area contributed by atoms with Crippen molar-refractivity contribution in [3.05, 3.63) is 0 Å². The van der Waals surface area contributed by atoms with E-state index < -0.39 is 0 Å². The first kappa shape index (κ1) is 12.9. The van der Waals surface area contributed by atoms with Crippen molar-refractivity contribution in [2.75, 3.05) is 26.7 Å². The Morgan fingerprint density at radius 1 is 1.00 bits per heavy atom. The Morgan fingerprint density at radius 3 is 2.17 bits per heavy atom. The lowest BCUT2D eigenvalue weighted by atomic mass is 9.94. The first-order valence-corrected chi connectivity index (χ1v) is 7.96. The summed E-state index contributed by atoms with van der Waals surface area (Å²) in [6, 6.07) is 3.37. The van der Waals surface area contributed by atoms with Crippen LogP contribution in [0.1, 0.15) is 45.4 Å². The van der Waals surface area contributed by atoms with E-state index in [1.165, 1.54) is 58.2 Å². The first-order valence-electron chi connectivity index (χ1n) is 7.96. The summed E-state index contributed by atoms with van der Waals surface area (Å²) in [6.45, 7) is 6.19. The molecule has 2 bridgehead atoms. The van der Waals surface area contributed by atoms with Gasteiger partial charge in [0.1, 0.15) is 0 Å².